The molecule has 3 rings (SSSR count). The number of amides is 1. The molecule has 0 unspecified atom stereocenters. The van der Waals surface area contributed by atoms with Gasteiger partial charge in [0.25, 0.3) is 5.89 Å². The van der Waals surface area contributed by atoms with E-state index in [0.717, 1.165) is 12.0 Å². The molecule has 2 heterocycles. The molecule has 2 atom stereocenters. The lowest BCUT2D eigenvalue weighted by molar-refractivity contribution is -0.158. The summed E-state index contributed by atoms with van der Waals surface area (Å²) in [6, 6.07) is 8.95. The molecule has 0 N–H and O–H groups in total. The number of aryl methyl sites for hydroxylation is 1. The Bertz CT molecular complexity index is 744. The van der Waals surface area contributed by atoms with Gasteiger partial charge in [-0.15, -0.1) is 0 Å². The highest BCUT2D eigenvalue weighted by molar-refractivity contribution is 5.86. The Morgan fingerprint density at radius 3 is 2.80 bits per heavy atom. The summed E-state index contributed by atoms with van der Waals surface area (Å²) in [5.74, 6) is 0.249. The third-order valence-corrected chi connectivity index (χ3v) is 4.23. The lowest BCUT2D eigenvalue weighted by atomic mass is 10.1. The van der Waals surface area contributed by atoms with E-state index in [-0.39, 0.29) is 18.2 Å². The van der Waals surface area contributed by atoms with E-state index in [1.165, 1.54) is 0 Å². The zero-order valence-corrected chi connectivity index (χ0v) is 14.3. The third-order valence-electron chi connectivity index (χ3n) is 4.23. The smallest absolute Gasteiger partial charge is 0.329 e. The van der Waals surface area contributed by atoms with Crippen molar-refractivity contribution in [3.63, 3.8) is 0 Å². The number of likely N-dealkylation sites (tertiary alicyclic amines) is 1. The molecule has 2 aromatic rings. The van der Waals surface area contributed by atoms with Gasteiger partial charge in [-0.2, -0.15) is 4.98 Å². The van der Waals surface area contributed by atoms with Gasteiger partial charge in [0.05, 0.1) is 6.42 Å². The van der Waals surface area contributed by atoms with E-state index in [1.54, 1.807) is 18.7 Å². The summed E-state index contributed by atoms with van der Waals surface area (Å²) >= 11 is 0. The average Bonchev–Trinajstić information content (AvgIpc) is 3.24. The number of carbonyl (C=O) groups excluding carboxylic acids is 2. The quantitative estimate of drug-likeness (QED) is 0.774. The molecule has 1 saturated heterocycles. The predicted octanol–water partition coefficient (Wildman–Crippen LogP) is 2.22. The van der Waals surface area contributed by atoms with Crippen LogP contribution in [0.5, 0.6) is 0 Å². The summed E-state index contributed by atoms with van der Waals surface area (Å²) in [6.07, 6.45) is 1.03. The second-order valence-electron chi connectivity index (χ2n) is 6.17. The molecule has 7 nitrogen and oxygen atoms in total. The highest BCUT2D eigenvalue weighted by Crippen LogP contribution is 2.23. The van der Waals surface area contributed by atoms with Gasteiger partial charge in [0, 0.05) is 6.54 Å². The van der Waals surface area contributed by atoms with Gasteiger partial charge in [-0.1, -0.05) is 35.5 Å². The Morgan fingerprint density at radius 1 is 1.36 bits per heavy atom. The molecule has 7 heteroatoms. The van der Waals surface area contributed by atoms with Crippen LogP contribution in [0.2, 0.25) is 0 Å². The number of hydrogen-bond donors (Lipinski definition) is 0. The van der Waals surface area contributed by atoms with Crippen molar-refractivity contribution in [2.24, 2.45) is 0 Å². The molecule has 25 heavy (non-hydrogen) atoms. The molecule has 1 aliphatic heterocycles. The minimum atomic E-state index is -0.639. The Hall–Kier alpha value is -2.70. The van der Waals surface area contributed by atoms with E-state index < -0.39 is 18.1 Å². The van der Waals surface area contributed by atoms with Gasteiger partial charge in [0.15, 0.2) is 11.9 Å². The third kappa shape index (κ3) is 4.04. The first-order valence-corrected chi connectivity index (χ1v) is 8.38. The maximum atomic E-state index is 12.6. The van der Waals surface area contributed by atoms with Gasteiger partial charge in [-0.25, -0.2) is 4.79 Å². The molecule has 0 spiro atoms. The molecule has 0 radical (unpaired) electrons. The first-order valence-electron chi connectivity index (χ1n) is 8.38. The normalized spacial score (nSPS) is 18.2. The summed E-state index contributed by atoms with van der Waals surface area (Å²) in [7, 11) is 0. The van der Waals surface area contributed by atoms with Crippen LogP contribution in [0.3, 0.4) is 0 Å². The molecule has 0 aliphatic carbocycles. The van der Waals surface area contributed by atoms with E-state index in [2.05, 4.69) is 10.1 Å². The van der Waals surface area contributed by atoms with Gasteiger partial charge in [0.2, 0.25) is 5.91 Å². The van der Waals surface area contributed by atoms with Crippen LogP contribution in [-0.2, 0) is 20.7 Å². The van der Waals surface area contributed by atoms with Crippen LogP contribution in [0.15, 0.2) is 34.9 Å². The van der Waals surface area contributed by atoms with Crippen molar-refractivity contribution in [1.82, 2.24) is 15.0 Å². The number of esters is 1. The van der Waals surface area contributed by atoms with Crippen LogP contribution in [0.25, 0.3) is 0 Å². The van der Waals surface area contributed by atoms with Crippen LogP contribution < -0.4 is 0 Å². The molecular formula is C18H21N3O4. The molecule has 1 amide bonds. The molecule has 1 aromatic heterocycles. The minimum absolute atomic E-state index is 0.0630. The van der Waals surface area contributed by atoms with Crippen LogP contribution in [0, 0.1) is 6.92 Å². The second-order valence-corrected chi connectivity index (χ2v) is 6.17. The molecule has 132 valence electrons. The van der Waals surface area contributed by atoms with Gasteiger partial charge >= 0.3 is 5.97 Å². The van der Waals surface area contributed by atoms with E-state index >= 15 is 0 Å². The molecule has 0 bridgehead atoms. The monoisotopic (exact) mass is 343 g/mol. The number of aromatic nitrogens is 2. The number of hydrogen-bond acceptors (Lipinski definition) is 6. The predicted molar refractivity (Wildman–Crippen MR) is 88.4 cm³/mol. The lowest BCUT2D eigenvalue weighted by Crippen LogP contribution is -2.42. The fraction of sp³-hybridized carbons (Fsp3) is 0.444. The van der Waals surface area contributed by atoms with Gasteiger partial charge in [0.1, 0.15) is 6.04 Å². The van der Waals surface area contributed by atoms with Crippen LogP contribution in [0.1, 0.15) is 43.1 Å². The van der Waals surface area contributed by atoms with Crippen molar-refractivity contribution in [1.29, 1.82) is 0 Å². The van der Waals surface area contributed by atoms with E-state index in [4.69, 9.17) is 9.26 Å². The van der Waals surface area contributed by atoms with E-state index in [9.17, 15) is 9.59 Å². The van der Waals surface area contributed by atoms with Gasteiger partial charge < -0.3 is 14.2 Å². The average molecular weight is 343 g/mol. The fourth-order valence-corrected chi connectivity index (χ4v) is 2.96. The number of rotatable bonds is 5. The van der Waals surface area contributed by atoms with E-state index in [0.29, 0.717) is 18.8 Å². The highest BCUT2D eigenvalue weighted by Gasteiger charge is 2.36. The first kappa shape index (κ1) is 17.1. The summed E-state index contributed by atoms with van der Waals surface area (Å²) in [4.78, 5) is 30.7. The first-order chi connectivity index (χ1) is 12.0. The van der Waals surface area contributed by atoms with Crippen molar-refractivity contribution in [2.45, 2.75) is 45.3 Å². The molecule has 1 fully saturated rings. The standard InChI is InChI=1S/C18H21N3O4/c1-12(17-19-13(2)20-25-17)24-18(23)15-9-6-10-21(15)16(22)11-14-7-4-3-5-8-14/h3-5,7-8,12,15H,6,9-11H2,1-2H3/t12-,15-/m1/s1. The summed E-state index contributed by atoms with van der Waals surface area (Å²) < 4.78 is 10.5. The van der Waals surface area contributed by atoms with Crippen LogP contribution in [-0.4, -0.2) is 39.5 Å². The van der Waals surface area contributed by atoms with Crippen molar-refractivity contribution < 1.29 is 18.8 Å². The number of nitrogens with zero attached hydrogens (tertiary/aromatic N) is 3. The second kappa shape index (κ2) is 7.46. The zero-order valence-electron chi connectivity index (χ0n) is 14.3. The number of ether oxygens (including phenoxy) is 1. The topological polar surface area (TPSA) is 85.5 Å². The molecule has 0 saturated carbocycles. The minimum Gasteiger partial charge on any atom is -0.451 e. The van der Waals surface area contributed by atoms with E-state index in [1.807, 2.05) is 30.3 Å². The Morgan fingerprint density at radius 2 is 2.12 bits per heavy atom. The molecular weight excluding hydrogens is 322 g/mol. The van der Waals surface area contributed by atoms with Gasteiger partial charge in [-0.05, 0) is 32.3 Å². The van der Waals surface area contributed by atoms with Crippen molar-refractivity contribution in [3.05, 3.63) is 47.6 Å². The Balaban J connectivity index is 1.62. The van der Waals surface area contributed by atoms with Crippen molar-refractivity contribution in [3.8, 4) is 0 Å². The summed E-state index contributed by atoms with van der Waals surface area (Å²) in [6.45, 7) is 3.94. The SMILES string of the molecule is Cc1noc([C@@H](C)OC(=O)[C@H]2CCCN2C(=O)Cc2ccccc2)n1. The van der Waals surface area contributed by atoms with Crippen LogP contribution >= 0.6 is 0 Å². The number of carbonyl (C=O) groups is 2. The van der Waals surface area contributed by atoms with Gasteiger partial charge in [-0.3, -0.25) is 4.79 Å². The maximum absolute atomic E-state index is 12.6. The highest BCUT2D eigenvalue weighted by atomic mass is 16.6. The summed E-state index contributed by atoms with van der Waals surface area (Å²) in [5.41, 5.74) is 0.932. The van der Waals surface area contributed by atoms with Crippen LogP contribution in [0.4, 0.5) is 0 Å². The Labute approximate surface area is 146 Å². The Kier molecular flexibility index (Phi) is 5.11. The van der Waals surface area contributed by atoms with Crippen molar-refractivity contribution in [2.75, 3.05) is 6.54 Å². The molecule has 1 aromatic carbocycles. The lowest BCUT2D eigenvalue weighted by Gasteiger charge is -2.24. The zero-order chi connectivity index (χ0) is 17.8. The van der Waals surface area contributed by atoms with Crippen molar-refractivity contribution >= 4 is 11.9 Å². The maximum Gasteiger partial charge on any atom is 0.329 e. The largest absolute Gasteiger partial charge is 0.451 e. The number of benzene rings is 1. The fourth-order valence-electron chi connectivity index (χ4n) is 2.96. The summed E-state index contributed by atoms with van der Waals surface area (Å²) in [5, 5.41) is 3.69. The molecule has 1 aliphatic rings.